The normalized spacial score (nSPS) is 19.6. The van der Waals surface area contributed by atoms with Crippen LogP contribution in [0.2, 0.25) is 0 Å². The van der Waals surface area contributed by atoms with Crippen LogP contribution < -0.4 is 10.6 Å². The third kappa shape index (κ3) is 3.70. The molecule has 0 saturated carbocycles. The number of nitrogens with zero attached hydrogens (tertiary/aromatic N) is 1. The first kappa shape index (κ1) is 16.1. The van der Waals surface area contributed by atoms with Crippen LogP contribution in [0.5, 0.6) is 0 Å². The molecule has 0 spiro atoms. The van der Waals surface area contributed by atoms with Crippen LogP contribution in [-0.4, -0.2) is 19.6 Å². The SMILES string of the molecule is CC(C)C1CCN(c2ccc(CCN)cc2C(F)(F)F)C1. The molecule has 2 nitrogen and oxygen atoms in total. The molecule has 118 valence electrons. The molecular formula is C16H23F3N2. The van der Waals surface area contributed by atoms with Crippen molar-refractivity contribution in [2.75, 3.05) is 24.5 Å². The number of nitrogens with two attached hydrogens (primary N) is 1. The summed E-state index contributed by atoms with van der Waals surface area (Å²) in [4.78, 5) is 1.87. The van der Waals surface area contributed by atoms with Crippen LogP contribution in [0.3, 0.4) is 0 Å². The van der Waals surface area contributed by atoms with Crippen molar-refractivity contribution in [2.45, 2.75) is 32.9 Å². The Morgan fingerprint density at radius 2 is 2.05 bits per heavy atom. The number of rotatable bonds is 4. The molecule has 0 amide bonds. The van der Waals surface area contributed by atoms with Gasteiger partial charge in [-0.25, -0.2) is 0 Å². The van der Waals surface area contributed by atoms with Gasteiger partial charge < -0.3 is 10.6 Å². The summed E-state index contributed by atoms with van der Waals surface area (Å²) < 4.78 is 40.0. The molecule has 1 aromatic carbocycles. The van der Waals surface area contributed by atoms with E-state index in [2.05, 4.69) is 13.8 Å². The summed E-state index contributed by atoms with van der Waals surface area (Å²) in [5.41, 5.74) is 5.87. The zero-order chi connectivity index (χ0) is 15.6. The summed E-state index contributed by atoms with van der Waals surface area (Å²) in [6.07, 6.45) is -2.90. The first-order chi connectivity index (χ1) is 9.82. The minimum absolute atomic E-state index is 0.312. The number of benzene rings is 1. The van der Waals surface area contributed by atoms with Crippen molar-refractivity contribution < 1.29 is 13.2 Å². The lowest BCUT2D eigenvalue weighted by Gasteiger charge is -2.24. The summed E-state index contributed by atoms with van der Waals surface area (Å²) in [6.45, 7) is 6.02. The van der Waals surface area contributed by atoms with E-state index in [-0.39, 0.29) is 0 Å². The summed E-state index contributed by atoms with van der Waals surface area (Å²) in [7, 11) is 0. The summed E-state index contributed by atoms with van der Waals surface area (Å²) in [5.74, 6) is 0.968. The monoisotopic (exact) mass is 300 g/mol. The zero-order valence-electron chi connectivity index (χ0n) is 12.6. The van der Waals surface area contributed by atoms with E-state index in [4.69, 9.17) is 5.73 Å². The predicted molar refractivity (Wildman–Crippen MR) is 79.4 cm³/mol. The van der Waals surface area contributed by atoms with E-state index in [1.54, 1.807) is 12.1 Å². The molecule has 1 aliphatic heterocycles. The first-order valence-electron chi connectivity index (χ1n) is 7.48. The Morgan fingerprint density at radius 3 is 2.57 bits per heavy atom. The van der Waals surface area contributed by atoms with Crippen LogP contribution in [0.1, 0.15) is 31.4 Å². The third-order valence-corrected chi connectivity index (χ3v) is 4.31. The van der Waals surface area contributed by atoms with Gasteiger partial charge in [0, 0.05) is 18.8 Å². The van der Waals surface area contributed by atoms with Crippen LogP contribution in [-0.2, 0) is 12.6 Å². The maximum atomic E-state index is 13.3. The second-order valence-corrected chi connectivity index (χ2v) is 6.13. The molecule has 1 unspecified atom stereocenters. The van der Waals surface area contributed by atoms with E-state index < -0.39 is 11.7 Å². The standard InChI is InChI=1S/C16H23F3N2/c1-11(2)13-6-8-21(10-13)15-4-3-12(5-7-20)9-14(15)16(17,18)19/h3-4,9,11,13H,5-8,10,20H2,1-2H3. The van der Waals surface area contributed by atoms with Gasteiger partial charge in [0.2, 0.25) is 0 Å². The molecule has 1 aromatic rings. The van der Waals surface area contributed by atoms with E-state index >= 15 is 0 Å². The van der Waals surface area contributed by atoms with Crippen molar-refractivity contribution in [3.05, 3.63) is 29.3 Å². The number of halogens is 3. The molecule has 0 aromatic heterocycles. The Kier molecular flexibility index (Phi) is 4.81. The van der Waals surface area contributed by atoms with Crippen LogP contribution in [0, 0.1) is 11.8 Å². The van der Waals surface area contributed by atoms with Gasteiger partial charge in [0.25, 0.3) is 0 Å². The highest BCUT2D eigenvalue weighted by Gasteiger charge is 2.37. The van der Waals surface area contributed by atoms with Crippen LogP contribution >= 0.6 is 0 Å². The average molecular weight is 300 g/mol. The van der Waals surface area contributed by atoms with Crippen LogP contribution in [0.4, 0.5) is 18.9 Å². The van der Waals surface area contributed by atoms with Crippen LogP contribution in [0.15, 0.2) is 18.2 Å². The smallest absolute Gasteiger partial charge is 0.371 e. The van der Waals surface area contributed by atoms with Gasteiger partial charge in [-0.15, -0.1) is 0 Å². The van der Waals surface area contributed by atoms with Crippen molar-refractivity contribution in [1.29, 1.82) is 0 Å². The van der Waals surface area contributed by atoms with Crippen molar-refractivity contribution in [1.82, 2.24) is 0 Å². The lowest BCUT2D eigenvalue weighted by atomic mass is 9.95. The van der Waals surface area contributed by atoms with Crippen LogP contribution in [0.25, 0.3) is 0 Å². The minimum atomic E-state index is -4.32. The molecule has 0 bridgehead atoms. The molecule has 1 aliphatic rings. The van der Waals surface area contributed by atoms with E-state index in [1.807, 2.05) is 4.90 Å². The molecule has 21 heavy (non-hydrogen) atoms. The summed E-state index contributed by atoms with van der Waals surface area (Å²) in [6, 6.07) is 4.63. The van der Waals surface area contributed by atoms with Crippen molar-refractivity contribution >= 4 is 5.69 Å². The molecule has 2 rings (SSSR count). The van der Waals surface area contributed by atoms with Gasteiger partial charge in [0.1, 0.15) is 0 Å². The van der Waals surface area contributed by atoms with Gasteiger partial charge in [-0.2, -0.15) is 13.2 Å². The van der Waals surface area contributed by atoms with E-state index in [0.29, 0.717) is 49.1 Å². The van der Waals surface area contributed by atoms with Gasteiger partial charge in [0.15, 0.2) is 0 Å². The molecule has 1 heterocycles. The van der Waals surface area contributed by atoms with Gasteiger partial charge in [0.05, 0.1) is 5.56 Å². The second-order valence-electron chi connectivity index (χ2n) is 6.13. The Balaban J connectivity index is 2.31. The highest BCUT2D eigenvalue weighted by molar-refractivity contribution is 5.57. The summed E-state index contributed by atoms with van der Waals surface area (Å²) in [5, 5.41) is 0. The Bertz CT molecular complexity index is 483. The predicted octanol–water partition coefficient (Wildman–Crippen LogP) is 3.69. The first-order valence-corrected chi connectivity index (χ1v) is 7.48. The highest BCUT2D eigenvalue weighted by Crippen LogP contribution is 2.39. The summed E-state index contributed by atoms with van der Waals surface area (Å²) >= 11 is 0. The van der Waals surface area contributed by atoms with Crippen molar-refractivity contribution in [2.24, 2.45) is 17.6 Å². The molecule has 1 saturated heterocycles. The number of hydrogen-bond donors (Lipinski definition) is 1. The van der Waals surface area contributed by atoms with Crippen molar-refractivity contribution in [3.63, 3.8) is 0 Å². The molecular weight excluding hydrogens is 277 g/mol. The maximum absolute atomic E-state index is 13.3. The Labute approximate surface area is 124 Å². The average Bonchev–Trinajstić information content (AvgIpc) is 2.87. The number of anilines is 1. The largest absolute Gasteiger partial charge is 0.418 e. The second kappa shape index (κ2) is 6.26. The lowest BCUT2D eigenvalue weighted by Crippen LogP contribution is -2.24. The molecule has 2 N–H and O–H groups in total. The lowest BCUT2D eigenvalue weighted by molar-refractivity contribution is -0.137. The topological polar surface area (TPSA) is 29.3 Å². The fraction of sp³-hybridized carbons (Fsp3) is 0.625. The van der Waals surface area contributed by atoms with E-state index in [1.165, 1.54) is 6.07 Å². The van der Waals surface area contributed by atoms with Gasteiger partial charge in [-0.3, -0.25) is 0 Å². The molecule has 0 aliphatic carbocycles. The quantitative estimate of drug-likeness (QED) is 0.919. The molecule has 1 fully saturated rings. The number of hydrogen-bond acceptors (Lipinski definition) is 2. The third-order valence-electron chi connectivity index (χ3n) is 4.31. The fourth-order valence-electron chi connectivity index (χ4n) is 2.96. The maximum Gasteiger partial charge on any atom is 0.418 e. The highest BCUT2D eigenvalue weighted by atomic mass is 19.4. The Morgan fingerprint density at radius 1 is 1.33 bits per heavy atom. The Hall–Kier alpha value is -1.23. The van der Waals surface area contributed by atoms with E-state index in [9.17, 15) is 13.2 Å². The molecule has 0 radical (unpaired) electrons. The van der Waals surface area contributed by atoms with Crippen molar-refractivity contribution in [3.8, 4) is 0 Å². The number of alkyl halides is 3. The minimum Gasteiger partial charge on any atom is -0.371 e. The van der Waals surface area contributed by atoms with Gasteiger partial charge in [-0.05, 0) is 48.9 Å². The molecule has 5 heteroatoms. The fourth-order valence-corrected chi connectivity index (χ4v) is 2.96. The molecule has 1 atom stereocenters. The zero-order valence-corrected chi connectivity index (χ0v) is 12.6. The van der Waals surface area contributed by atoms with Gasteiger partial charge >= 0.3 is 6.18 Å². The van der Waals surface area contributed by atoms with Gasteiger partial charge in [-0.1, -0.05) is 19.9 Å². The van der Waals surface area contributed by atoms with E-state index in [0.717, 1.165) is 6.42 Å².